The first-order chi connectivity index (χ1) is 12.0. The molecule has 1 aromatic rings. The first-order valence-electron chi connectivity index (χ1n) is 8.36. The van der Waals surface area contributed by atoms with E-state index in [0.29, 0.717) is 32.7 Å². The summed E-state index contributed by atoms with van der Waals surface area (Å²) in [6.07, 6.45) is 2.66. The largest absolute Gasteiger partial charge is 0.464 e. The molecule has 0 aliphatic carbocycles. The lowest BCUT2D eigenvalue weighted by Crippen LogP contribution is -2.37. The minimum Gasteiger partial charge on any atom is -0.464 e. The number of hydrogen-bond acceptors (Lipinski definition) is 5. The van der Waals surface area contributed by atoms with Crippen molar-refractivity contribution < 1.29 is 19.1 Å². The number of hydrogen-bond donors (Lipinski definition) is 0. The van der Waals surface area contributed by atoms with E-state index in [9.17, 15) is 14.4 Å². The molecule has 2 aliphatic rings. The van der Waals surface area contributed by atoms with Crippen LogP contribution in [0.1, 0.15) is 29.0 Å². The van der Waals surface area contributed by atoms with Crippen LogP contribution in [0, 0.1) is 5.92 Å². The zero-order chi connectivity index (χ0) is 18.0. The van der Waals surface area contributed by atoms with Crippen molar-refractivity contribution >= 4 is 17.8 Å². The number of fused-ring (bicyclic) bond motifs is 1. The summed E-state index contributed by atoms with van der Waals surface area (Å²) in [5.74, 6) is -0.831. The van der Waals surface area contributed by atoms with Crippen molar-refractivity contribution in [3.05, 3.63) is 30.1 Å². The normalized spacial score (nSPS) is 20.2. The third-order valence-corrected chi connectivity index (χ3v) is 4.63. The lowest BCUT2D eigenvalue weighted by atomic mass is 10.1. The van der Waals surface area contributed by atoms with Crippen LogP contribution in [0.15, 0.2) is 18.7 Å². The zero-order valence-electron chi connectivity index (χ0n) is 14.3. The van der Waals surface area contributed by atoms with Crippen molar-refractivity contribution in [2.75, 3.05) is 26.7 Å². The van der Waals surface area contributed by atoms with Crippen molar-refractivity contribution in [2.45, 2.75) is 25.9 Å². The van der Waals surface area contributed by atoms with E-state index < -0.39 is 5.97 Å². The molecular weight excluding hydrogens is 324 g/mol. The summed E-state index contributed by atoms with van der Waals surface area (Å²) in [7, 11) is 1.31. The van der Waals surface area contributed by atoms with Gasteiger partial charge in [-0.3, -0.25) is 14.3 Å². The second-order valence-corrected chi connectivity index (χ2v) is 6.34. The summed E-state index contributed by atoms with van der Waals surface area (Å²) in [6.45, 7) is 6.19. The number of rotatable bonds is 4. The molecule has 0 bridgehead atoms. The van der Waals surface area contributed by atoms with Crippen molar-refractivity contribution in [1.82, 2.24) is 19.6 Å². The van der Waals surface area contributed by atoms with Crippen LogP contribution in [0.3, 0.4) is 0 Å². The lowest BCUT2D eigenvalue weighted by Gasteiger charge is -2.23. The highest BCUT2D eigenvalue weighted by Gasteiger charge is 2.36. The zero-order valence-corrected chi connectivity index (χ0v) is 14.3. The summed E-state index contributed by atoms with van der Waals surface area (Å²) < 4.78 is 6.45. The second kappa shape index (κ2) is 7.08. The molecule has 25 heavy (non-hydrogen) atoms. The SMILES string of the molecule is C=CCN1CC(C(=O)N2CCCn3nc(C(=O)OC)cc3C2)CC1=O. The van der Waals surface area contributed by atoms with Gasteiger partial charge in [-0.2, -0.15) is 5.10 Å². The van der Waals surface area contributed by atoms with Gasteiger partial charge in [-0.15, -0.1) is 6.58 Å². The van der Waals surface area contributed by atoms with Crippen LogP contribution in [0.5, 0.6) is 0 Å². The van der Waals surface area contributed by atoms with Crippen molar-refractivity contribution in [3.8, 4) is 0 Å². The van der Waals surface area contributed by atoms with Crippen LogP contribution in [0.4, 0.5) is 0 Å². The number of carbonyl (C=O) groups excluding carboxylic acids is 3. The van der Waals surface area contributed by atoms with Gasteiger partial charge in [0.15, 0.2) is 5.69 Å². The number of methoxy groups -OCH3 is 1. The molecule has 1 atom stereocenters. The molecule has 2 aliphatic heterocycles. The number of carbonyl (C=O) groups is 3. The summed E-state index contributed by atoms with van der Waals surface area (Å²) in [6, 6.07) is 1.67. The highest BCUT2D eigenvalue weighted by molar-refractivity contribution is 5.89. The summed E-state index contributed by atoms with van der Waals surface area (Å²) in [5, 5.41) is 4.25. The van der Waals surface area contributed by atoms with Gasteiger partial charge in [-0.1, -0.05) is 6.08 Å². The predicted molar refractivity (Wildman–Crippen MR) is 88.5 cm³/mol. The molecule has 0 radical (unpaired) electrons. The Kier molecular flexibility index (Phi) is 4.87. The lowest BCUT2D eigenvalue weighted by molar-refractivity contribution is -0.136. The molecular formula is C17H22N4O4. The Bertz CT molecular complexity index is 712. The Morgan fingerprint density at radius 2 is 2.24 bits per heavy atom. The van der Waals surface area contributed by atoms with Crippen molar-refractivity contribution in [3.63, 3.8) is 0 Å². The van der Waals surface area contributed by atoms with E-state index in [2.05, 4.69) is 11.7 Å². The average Bonchev–Trinajstić information content (AvgIpc) is 3.11. The molecule has 134 valence electrons. The Hall–Kier alpha value is -2.64. The molecule has 8 heteroatoms. The van der Waals surface area contributed by atoms with E-state index in [0.717, 1.165) is 12.1 Å². The fourth-order valence-corrected chi connectivity index (χ4v) is 3.38. The number of aromatic nitrogens is 2. The average molecular weight is 346 g/mol. The minimum atomic E-state index is -0.486. The van der Waals surface area contributed by atoms with E-state index in [-0.39, 0.29) is 29.8 Å². The molecule has 0 aromatic carbocycles. The van der Waals surface area contributed by atoms with Gasteiger partial charge in [0.2, 0.25) is 11.8 Å². The molecule has 1 saturated heterocycles. The van der Waals surface area contributed by atoms with Crippen molar-refractivity contribution in [2.24, 2.45) is 5.92 Å². The number of likely N-dealkylation sites (tertiary alicyclic amines) is 1. The first-order valence-corrected chi connectivity index (χ1v) is 8.36. The van der Waals surface area contributed by atoms with Crippen molar-refractivity contribution in [1.29, 1.82) is 0 Å². The fraction of sp³-hybridized carbons (Fsp3) is 0.529. The minimum absolute atomic E-state index is 0.00825. The van der Waals surface area contributed by atoms with E-state index in [1.165, 1.54) is 7.11 Å². The van der Waals surface area contributed by atoms with Gasteiger partial charge < -0.3 is 14.5 Å². The molecule has 2 amide bonds. The van der Waals surface area contributed by atoms with Gasteiger partial charge >= 0.3 is 5.97 Å². The number of ether oxygens (including phenoxy) is 1. The Balaban J connectivity index is 1.72. The van der Waals surface area contributed by atoms with Gasteiger partial charge in [0, 0.05) is 32.6 Å². The van der Waals surface area contributed by atoms with Crippen LogP contribution >= 0.6 is 0 Å². The van der Waals surface area contributed by atoms with Crippen LogP contribution in [0.2, 0.25) is 0 Å². The fourth-order valence-electron chi connectivity index (χ4n) is 3.38. The molecule has 8 nitrogen and oxygen atoms in total. The molecule has 0 N–H and O–H groups in total. The van der Waals surface area contributed by atoms with Crippen LogP contribution in [-0.4, -0.2) is 64.1 Å². The third-order valence-electron chi connectivity index (χ3n) is 4.63. The maximum atomic E-state index is 12.9. The highest BCUT2D eigenvalue weighted by Crippen LogP contribution is 2.23. The van der Waals surface area contributed by atoms with E-state index in [1.807, 2.05) is 0 Å². The summed E-state index contributed by atoms with van der Waals surface area (Å²) in [5.41, 5.74) is 1.05. The van der Waals surface area contributed by atoms with Gasteiger partial charge in [0.05, 0.1) is 25.3 Å². The van der Waals surface area contributed by atoms with E-state index in [4.69, 9.17) is 4.74 Å². The number of aryl methyl sites for hydroxylation is 1. The van der Waals surface area contributed by atoms with Gasteiger partial charge in [0.1, 0.15) is 0 Å². The maximum Gasteiger partial charge on any atom is 0.358 e. The van der Waals surface area contributed by atoms with E-state index in [1.54, 1.807) is 26.6 Å². The number of nitrogens with zero attached hydrogens (tertiary/aromatic N) is 4. The predicted octanol–water partition coefficient (Wildman–Crippen LogP) is 0.436. The quantitative estimate of drug-likeness (QED) is 0.583. The Morgan fingerprint density at radius 3 is 2.96 bits per heavy atom. The monoisotopic (exact) mass is 346 g/mol. The number of esters is 1. The highest BCUT2D eigenvalue weighted by atomic mass is 16.5. The summed E-state index contributed by atoms with van der Waals surface area (Å²) in [4.78, 5) is 39.9. The van der Waals surface area contributed by atoms with Gasteiger partial charge in [-0.05, 0) is 12.5 Å². The summed E-state index contributed by atoms with van der Waals surface area (Å²) >= 11 is 0. The second-order valence-electron chi connectivity index (χ2n) is 6.34. The Morgan fingerprint density at radius 1 is 1.44 bits per heavy atom. The van der Waals surface area contributed by atoms with Crippen LogP contribution in [0.25, 0.3) is 0 Å². The third kappa shape index (κ3) is 3.42. The standard InChI is InChI=1S/C17H22N4O4/c1-3-5-19-10-12(8-15(19)22)16(23)20-6-4-7-21-13(11-20)9-14(18-21)17(24)25-2/h3,9,12H,1,4-8,10-11H2,2H3. The number of amides is 2. The first kappa shape index (κ1) is 17.2. The van der Waals surface area contributed by atoms with Gasteiger partial charge in [0.25, 0.3) is 0 Å². The van der Waals surface area contributed by atoms with E-state index >= 15 is 0 Å². The molecule has 3 heterocycles. The van der Waals surface area contributed by atoms with Crippen LogP contribution < -0.4 is 0 Å². The molecule has 1 fully saturated rings. The maximum absolute atomic E-state index is 12.9. The van der Waals surface area contributed by atoms with Crippen LogP contribution in [-0.2, 0) is 27.4 Å². The molecule has 0 spiro atoms. The molecule has 1 unspecified atom stereocenters. The Labute approximate surface area is 146 Å². The molecule has 0 saturated carbocycles. The molecule has 3 rings (SSSR count). The van der Waals surface area contributed by atoms with Gasteiger partial charge in [-0.25, -0.2) is 4.79 Å². The topological polar surface area (TPSA) is 84.7 Å². The smallest absolute Gasteiger partial charge is 0.358 e. The molecule has 1 aromatic heterocycles.